The van der Waals surface area contributed by atoms with Crippen molar-refractivity contribution >= 4 is 0 Å². The lowest BCUT2D eigenvalue weighted by Crippen LogP contribution is -2.25. The summed E-state index contributed by atoms with van der Waals surface area (Å²) in [5.41, 5.74) is 5.14. The van der Waals surface area contributed by atoms with Crippen molar-refractivity contribution in [3.05, 3.63) is 12.8 Å². The monoisotopic (exact) mass is 161 g/mol. The molecule has 0 saturated carbocycles. The fraction of sp³-hybridized carbons (Fsp3) is 0.714. The molecule has 0 fully saturated rings. The highest BCUT2D eigenvalue weighted by atomic mass is 16.5. The van der Waals surface area contributed by atoms with Crippen LogP contribution in [0.15, 0.2) is 12.8 Å². The number of aliphatic hydroxyl groups excluding tert-OH is 1. The van der Waals surface area contributed by atoms with Gasteiger partial charge in [-0.2, -0.15) is 0 Å². The molecule has 11 heavy (non-hydrogen) atoms. The van der Waals surface area contributed by atoms with Crippen LogP contribution in [0.4, 0.5) is 0 Å². The van der Waals surface area contributed by atoms with Crippen molar-refractivity contribution in [2.24, 2.45) is 5.73 Å². The molecule has 0 bridgehead atoms. The number of hydrogen-bond acceptors (Lipinski definition) is 4. The maximum atomic E-state index is 8.90. The Hall–Kier alpha value is -0.580. The maximum Gasteiger partial charge on any atom is 0.111 e. The van der Waals surface area contributed by atoms with Crippen LogP contribution >= 0.6 is 0 Å². The van der Waals surface area contributed by atoms with E-state index in [2.05, 4.69) is 6.58 Å². The van der Waals surface area contributed by atoms with Crippen LogP contribution in [-0.2, 0) is 9.47 Å². The van der Waals surface area contributed by atoms with Crippen LogP contribution in [0.25, 0.3) is 0 Å². The van der Waals surface area contributed by atoms with Crippen molar-refractivity contribution in [2.45, 2.75) is 6.10 Å². The van der Waals surface area contributed by atoms with Crippen molar-refractivity contribution in [2.75, 3.05) is 26.4 Å². The summed E-state index contributed by atoms with van der Waals surface area (Å²) < 4.78 is 9.76. The molecule has 3 N–H and O–H groups in total. The lowest BCUT2D eigenvalue weighted by Gasteiger charge is -2.07. The molecule has 0 aliphatic rings. The van der Waals surface area contributed by atoms with E-state index >= 15 is 0 Å². The first kappa shape index (κ1) is 10.4. The molecule has 0 heterocycles. The van der Waals surface area contributed by atoms with Crippen molar-refractivity contribution < 1.29 is 14.6 Å². The van der Waals surface area contributed by atoms with Crippen molar-refractivity contribution in [1.29, 1.82) is 0 Å². The fourth-order valence-corrected chi connectivity index (χ4v) is 0.478. The van der Waals surface area contributed by atoms with E-state index in [4.69, 9.17) is 20.3 Å². The van der Waals surface area contributed by atoms with Gasteiger partial charge in [-0.3, -0.25) is 0 Å². The largest absolute Gasteiger partial charge is 0.499 e. The topological polar surface area (TPSA) is 64.7 Å². The number of rotatable bonds is 7. The average molecular weight is 161 g/mol. The zero-order chi connectivity index (χ0) is 8.53. The predicted molar refractivity (Wildman–Crippen MR) is 42.0 cm³/mol. The Kier molecular flexibility index (Phi) is 7.13. The van der Waals surface area contributed by atoms with E-state index in [0.717, 1.165) is 0 Å². The van der Waals surface area contributed by atoms with Crippen LogP contribution in [0.5, 0.6) is 0 Å². The minimum absolute atomic E-state index is 0.225. The highest BCUT2D eigenvalue weighted by molar-refractivity contribution is 4.52. The predicted octanol–water partition coefficient (Wildman–Crippen LogP) is -0.517. The minimum atomic E-state index is -0.571. The summed E-state index contributed by atoms with van der Waals surface area (Å²) in [4.78, 5) is 0. The molecule has 0 saturated heterocycles. The first-order chi connectivity index (χ1) is 5.31. The quantitative estimate of drug-likeness (QED) is 0.389. The fourth-order valence-electron chi connectivity index (χ4n) is 0.478. The highest BCUT2D eigenvalue weighted by Crippen LogP contribution is 1.83. The molecule has 0 aromatic carbocycles. The molecule has 0 radical (unpaired) electrons. The van der Waals surface area contributed by atoms with Crippen LogP contribution in [0.3, 0.4) is 0 Å². The Morgan fingerprint density at radius 2 is 2.27 bits per heavy atom. The Morgan fingerprint density at radius 3 is 2.82 bits per heavy atom. The van der Waals surface area contributed by atoms with Gasteiger partial charge in [0.2, 0.25) is 0 Å². The summed E-state index contributed by atoms with van der Waals surface area (Å²) in [6.07, 6.45) is 0.779. The first-order valence-corrected chi connectivity index (χ1v) is 3.49. The van der Waals surface area contributed by atoms with Crippen molar-refractivity contribution in [3.8, 4) is 0 Å². The molecule has 66 valence electrons. The molecule has 0 aromatic heterocycles. The third-order valence-electron chi connectivity index (χ3n) is 1.05. The number of nitrogens with two attached hydrogens (primary N) is 1. The number of hydrogen-bond donors (Lipinski definition) is 2. The van der Waals surface area contributed by atoms with Gasteiger partial charge in [-0.25, -0.2) is 0 Å². The van der Waals surface area contributed by atoms with E-state index in [1.807, 2.05) is 0 Å². The first-order valence-electron chi connectivity index (χ1n) is 3.49. The Balaban J connectivity index is 2.95. The van der Waals surface area contributed by atoms with Crippen LogP contribution < -0.4 is 5.73 Å². The summed E-state index contributed by atoms with van der Waals surface area (Å²) in [6, 6.07) is 0. The van der Waals surface area contributed by atoms with Gasteiger partial charge in [-0.15, -0.1) is 0 Å². The number of aliphatic hydroxyl groups is 1. The molecule has 0 rings (SSSR count). The smallest absolute Gasteiger partial charge is 0.111 e. The van der Waals surface area contributed by atoms with Gasteiger partial charge < -0.3 is 20.3 Å². The van der Waals surface area contributed by atoms with Crippen molar-refractivity contribution in [1.82, 2.24) is 0 Å². The Labute approximate surface area is 66.6 Å². The summed E-state index contributed by atoms with van der Waals surface area (Å²) >= 11 is 0. The maximum absolute atomic E-state index is 8.90. The normalized spacial score (nSPS) is 12.5. The SMILES string of the molecule is C=COCCOC[C@@H](O)CN. The lowest BCUT2D eigenvalue weighted by atomic mass is 10.4. The van der Waals surface area contributed by atoms with Gasteiger partial charge >= 0.3 is 0 Å². The average Bonchev–Trinajstić information content (AvgIpc) is 2.04. The third-order valence-corrected chi connectivity index (χ3v) is 1.05. The van der Waals surface area contributed by atoms with E-state index in [-0.39, 0.29) is 13.2 Å². The van der Waals surface area contributed by atoms with Gasteiger partial charge in [0.25, 0.3) is 0 Å². The molecule has 4 heteroatoms. The molecule has 1 atom stereocenters. The molecule has 0 amide bonds. The van der Waals surface area contributed by atoms with Gasteiger partial charge in [0, 0.05) is 6.54 Å². The molecule has 0 aromatic rings. The van der Waals surface area contributed by atoms with Crippen LogP contribution in [0.1, 0.15) is 0 Å². The van der Waals surface area contributed by atoms with E-state index in [9.17, 15) is 0 Å². The van der Waals surface area contributed by atoms with Gasteiger partial charge in [0.15, 0.2) is 0 Å². The third kappa shape index (κ3) is 7.32. The zero-order valence-corrected chi connectivity index (χ0v) is 6.53. The molecule has 0 aliphatic heterocycles. The molecular weight excluding hydrogens is 146 g/mol. The van der Waals surface area contributed by atoms with Gasteiger partial charge in [0.05, 0.1) is 25.6 Å². The summed E-state index contributed by atoms with van der Waals surface area (Å²) in [6.45, 7) is 4.75. The summed E-state index contributed by atoms with van der Waals surface area (Å²) in [5, 5.41) is 8.90. The minimum Gasteiger partial charge on any atom is -0.499 e. The van der Waals surface area contributed by atoms with Crippen molar-refractivity contribution in [3.63, 3.8) is 0 Å². The second-order valence-electron chi connectivity index (χ2n) is 2.00. The molecule has 4 nitrogen and oxygen atoms in total. The second kappa shape index (κ2) is 7.53. The Morgan fingerprint density at radius 1 is 1.55 bits per heavy atom. The van der Waals surface area contributed by atoms with Gasteiger partial charge in [-0.1, -0.05) is 6.58 Å². The van der Waals surface area contributed by atoms with Gasteiger partial charge in [0.1, 0.15) is 6.61 Å². The van der Waals surface area contributed by atoms with E-state index in [1.54, 1.807) is 0 Å². The standard InChI is InChI=1S/C7H15NO3/c1-2-10-3-4-11-6-7(9)5-8/h2,7,9H,1,3-6,8H2/t7-/m0/s1. The number of ether oxygens (including phenoxy) is 2. The highest BCUT2D eigenvalue weighted by Gasteiger charge is 1.98. The molecule has 0 unspecified atom stereocenters. The van der Waals surface area contributed by atoms with Gasteiger partial charge in [-0.05, 0) is 0 Å². The second-order valence-corrected chi connectivity index (χ2v) is 2.00. The van der Waals surface area contributed by atoms with E-state index in [1.165, 1.54) is 6.26 Å². The zero-order valence-electron chi connectivity index (χ0n) is 6.53. The molecule has 0 spiro atoms. The van der Waals surface area contributed by atoms with Crippen LogP contribution in [0, 0.1) is 0 Å². The Bertz CT molecular complexity index is 97.7. The summed E-state index contributed by atoms with van der Waals surface area (Å²) in [5.74, 6) is 0. The molecule has 0 aliphatic carbocycles. The summed E-state index contributed by atoms with van der Waals surface area (Å²) in [7, 11) is 0. The molecular formula is C7H15NO3. The van der Waals surface area contributed by atoms with E-state index in [0.29, 0.717) is 13.2 Å². The van der Waals surface area contributed by atoms with Crippen LogP contribution in [0.2, 0.25) is 0 Å². The van der Waals surface area contributed by atoms with Crippen LogP contribution in [-0.4, -0.2) is 37.6 Å². The lowest BCUT2D eigenvalue weighted by molar-refractivity contribution is 0.0227. The van der Waals surface area contributed by atoms with E-state index < -0.39 is 6.10 Å².